The topological polar surface area (TPSA) is 47.3 Å². The Kier molecular flexibility index (Phi) is 3.88. The SMILES string of the molecule is N#Cc1c(Cl)cccc1N(CCO)C1CCC1. The van der Waals surface area contributed by atoms with Crippen molar-refractivity contribution in [3.8, 4) is 6.07 Å². The number of aliphatic hydroxyl groups is 1. The fourth-order valence-corrected chi connectivity index (χ4v) is 2.38. The quantitative estimate of drug-likeness (QED) is 0.894. The van der Waals surface area contributed by atoms with E-state index in [-0.39, 0.29) is 6.61 Å². The molecule has 1 aromatic rings. The maximum absolute atomic E-state index is 9.17. The summed E-state index contributed by atoms with van der Waals surface area (Å²) in [6.45, 7) is 0.646. The van der Waals surface area contributed by atoms with Crippen molar-refractivity contribution in [2.45, 2.75) is 25.3 Å². The van der Waals surface area contributed by atoms with Crippen LogP contribution in [0.2, 0.25) is 5.02 Å². The average Bonchev–Trinajstić information content (AvgIpc) is 2.26. The van der Waals surface area contributed by atoms with E-state index in [2.05, 4.69) is 11.0 Å². The van der Waals surface area contributed by atoms with Crippen molar-refractivity contribution in [1.82, 2.24) is 0 Å². The van der Waals surface area contributed by atoms with Gasteiger partial charge in [-0.2, -0.15) is 5.26 Å². The molecule has 90 valence electrons. The van der Waals surface area contributed by atoms with Crippen LogP contribution in [-0.4, -0.2) is 24.3 Å². The van der Waals surface area contributed by atoms with E-state index in [4.69, 9.17) is 22.0 Å². The van der Waals surface area contributed by atoms with Crippen LogP contribution >= 0.6 is 11.6 Å². The van der Waals surface area contributed by atoms with Crippen molar-refractivity contribution in [3.05, 3.63) is 28.8 Å². The number of hydrogen-bond donors (Lipinski definition) is 1. The molecule has 0 saturated heterocycles. The van der Waals surface area contributed by atoms with Crippen molar-refractivity contribution in [2.75, 3.05) is 18.1 Å². The summed E-state index contributed by atoms with van der Waals surface area (Å²) in [5, 5.41) is 18.8. The van der Waals surface area contributed by atoms with Crippen LogP contribution < -0.4 is 4.90 Å². The summed E-state index contributed by atoms with van der Waals surface area (Å²) in [6, 6.07) is 8.06. The number of anilines is 1. The van der Waals surface area contributed by atoms with E-state index in [9.17, 15) is 0 Å². The van der Waals surface area contributed by atoms with Crippen LogP contribution in [0.25, 0.3) is 0 Å². The van der Waals surface area contributed by atoms with E-state index in [0.29, 0.717) is 23.2 Å². The Balaban J connectivity index is 2.35. The second-order valence-electron chi connectivity index (χ2n) is 4.25. The van der Waals surface area contributed by atoms with Gasteiger partial charge in [0.05, 0.1) is 22.9 Å². The molecule has 0 aliphatic heterocycles. The first-order valence-electron chi connectivity index (χ1n) is 5.84. The van der Waals surface area contributed by atoms with Crippen LogP contribution in [-0.2, 0) is 0 Å². The van der Waals surface area contributed by atoms with Crippen LogP contribution in [0.1, 0.15) is 24.8 Å². The number of nitriles is 1. The Labute approximate surface area is 106 Å². The zero-order valence-electron chi connectivity index (χ0n) is 9.56. The second-order valence-corrected chi connectivity index (χ2v) is 4.65. The van der Waals surface area contributed by atoms with Crippen molar-refractivity contribution in [3.63, 3.8) is 0 Å². The molecule has 0 unspecified atom stereocenters. The molecule has 0 bridgehead atoms. The molecule has 17 heavy (non-hydrogen) atoms. The van der Waals surface area contributed by atoms with Gasteiger partial charge in [0, 0.05) is 12.6 Å². The van der Waals surface area contributed by atoms with Gasteiger partial charge < -0.3 is 10.0 Å². The van der Waals surface area contributed by atoms with E-state index < -0.39 is 0 Å². The van der Waals surface area contributed by atoms with Gasteiger partial charge in [0.25, 0.3) is 0 Å². The highest BCUT2D eigenvalue weighted by atomic mass is 35.5. The summed E-state index contributed by atoms with van der Waals surface area (Å²) in [5.41, 5.74) is 1.35. The average molecular weight is 251 g/mol. The van der Waals surface area contributed by atoms with Gasteiger partial charge >= 0.3 is 0 Å². The van der Waals surface area contributed by atoms with Crippen molar-refractivity contribution >= 4 is 17.3 Å². The van der Waals surface area contributed by atoms with Gasteiger partial charge in [-0.3, -0.25) is 0 Å². The van der Waals surface area contributed by atoms with E-state index >= 15 is 0 Å². The summed E-state index contributed by atoms with van der Waals surface area (Å²) in [5.74, 6) is 0. The Morgan fingerprint density at radius 1 is 1.47 bits per heavy atom. The molecular formula is C13H15ClN2O. The van der Waals surface area contributed by atoms with E-state index in [1.165, 1.54) is 6.42 Å². The number of rotatable bonds is 4. The fourth-order valence-electron chi connectivity index (χ4n) is 2.17. The normalized spacial score (nSPS) is 15.1. The van der Waals surface area contributed by atoms with Gasteiger partial charge in [-0.1, -0.05) is 17.7 Å². The van der Waals surface area contributed by atoms with Crippen LogP contribution in [0.5, 0.6) is 0 Å². The van der Waals surface area contributed by atoms with Crippen molar-refractivity contribution < 1.29 is 5.11 Å². The number of nitrogens with zero attached hydrogens (tertiary/aromatic N) is 2. The summed E-state index contributed by atoms with van der Waals surface area (Å²) >= 11 is 6.03. The highest BCUT2D eigenvalue weighted by Gasteiger charge is 2.26. The minimum absolute atomic E-state index is 0.0912. The van der Waals surface area contributed by atoms with E-state index in [1.54, 1.807) is 6.07 Å². The summed E-state index contributed by atoms with van der Waals surface area (Å²) in [7, 11) is 0. The lowest BCUT2D eigenvalue weighted by molar-refractivity contribution is 0.283. The molecule has 0 aromatic heterocycles. The first-order valence-corrected chi connectivity index (χ1v) is 6.22. The third-order valence-corrected chi connectivity index (χ3v) is 3.58. The Bertz CT molecular complexity index is 438. The van der Waals surface area contributed by atoms with Gasteiger partial charge in [-0.25, -0.2) is 0 Å². The molecule has 0 atom stereocenters. The maximum Gasteiger partial charge on any atom is 0.103 e. The lowest BCUT2D eigenvalue weighted by Crippen LogP contribution is -2.42. The summed E-state index contributed by atoms with van der Waals surface area (Å²) in [6.07, 6.45) is 3.46. The van der Waals surface area contributed by atoms with Gasteiger partial charge in [0.15, 0.2) is 0 Å². The smallest absolute Gasteiger partial charge is 0.103 e. The molecule has 1 aliphatic carbocycles. The minimum Gasteiger partial charge on any atom is -0.395 e. The molecule has 4 heteroatoms. The third-order valence-electron chi connectivity index (χ3n) is 3.27. The third kappa shape index (κ3) is 2.38. The Morgan fingerprint density at radius 3 is 2.76 bits per heavy atom. The lowest BCUT2D eigenvalue weighted by atomic mass is 9.90. The first-order chi connectivity index (χ1) is 8.27. The van der Waals surface area contributed by atoms with Gasteiger partial charge in [0.2, 0.25) is 0 Å². The zero-order chi connectivity index (χ0) is 12.3. The predicted octanol–water partition coefficient (Wildman–Crippen LogP) is 2.56. The molecule has 1 aromatic carbocycles. The molecule has 1 aliphatic rings. The highest BCUT2D eigenvalue weighted by molar-refractivity contribution is 6.32. The monoisotopic (exact) mass is 250 g/mol. The highest BCUT2D eigenvalue weighted by Crippen LogP contribution is 2.33. The minimum atomic E-state index is 0.0912. The molecule has 0 spiro atoms. The largest absolute Gasteiger partial charge is 0.395 e. The molecule has 1 N–H and O–H groups in total. The maximum atomic E-state index is 9.17. The number of hydrogen-bond acceptors (Lipinski definition) is 3. The molecule has 0 heterocycles. The van der Waals surface area contributed by atoms with Gasteiger partial charge in [-0.05, 0) is 31.4 Å². The second kappa shape index (κ2) is 5.39. The zero-order valence-corrected chi connectivity index (χ0v) is 10.3. The standard InChI is InChI=1S/C13H15ClN2O/c14-12-5-2-6-13(11(12)9-15)16(7-8-17)10-3-1-4-10/h2,5-6,10,17H,1,3-4,7-8H2. The van der Waals surface area contributed by atoms with Crippen LogP contribution in [0, 0.1) is 11.3 Å². The molecule has 3 nitrogen and oxygen atoms in total. The van der Waals surface area contributed by atoms with Crippen molar-refractivity contribution in [2.24, 2.45) is 0 Å². The van der Waals surface area contributed by atoms with Gasteiger partial charge in [0.1, 0.15) is 6.07 Å². The molecule has 2 rings (SSSR count). The predicted molar refractivity (Wildman–Crippen MR) is 68.2 cm³/mol. The fraction of sp³-hybridized carbons (Fsp3) is 0.462. The van der Waals surface area contributed by atoms with E-state index in [1.807, 2.05) is 12.1 Å². The molecule has 1 fully saturated rings. The molecule has 1 saturated carbocycles. The Morgan fingerprint density at radius 2 is 2.24 bits per heavy atom. The lowest BCUT2D eigenvalue weighted by Gasteiger charge is -2.39. The van der Waals surface area contributed by atoms with Crippen molar-refractivity contribution in [1.29, 1.82) is 5.26 Å². The summed E-state index contributed by atoms with van der Waals surface area (Å²) in [4.78, 5) is 2.11. The Hall–Kier alpha value is -1.24. The number of benzene rings is 1. The van der Waals surface area contributed by atoms with Crippen LogP contribution in [0.4, 0.5) is 5.69 Å². The number of halogens is 1. The van der Waals surface area contributed by atoms with Gasteiger partial charge in [-0.15, -0.1) is 0 Å². The molecule has 0 amide bonds. The van der Waals surface area contributed by atoms with Crippen LogP contribution in [0.3, 0.4) is 0 Å². The van der Waals surface area contributed by atoms with E-state index in [0.717, 1.165) is 18.5 Å². The number of aliphatic hydroxyl groups excluding tert-OH is 1. The first kappa shape index (κ1) is 12.2. The van der Waals surface area contributed by atoms with Crippen LogP contribution in [0.15, 0.2) is 18.2 Å². The molecular weight excluding hydrogens is 236 g/mol. The summed E-state index contributed by atoms with van der Waals surface area (Å²) < 4.78 is 0. The molecule has 0 radical (unpaired) electrons.